The van der Waals surface area contributed by atoms with Gasteiger partial charge in [0, 0.05) is 24.4 Å². The number of benzene rings is 2. The molecule has 2 heterocycles. The minimum absolute atomic E-state index is 0.0507. The van der Waals surface area contributed by atoms with Gasteiger partial charge in [0.15, 0.2) is 0 Å². The first-order chi connectivity index (χ1) is 15.1. The number of ether oxygens (including phenoxy) is 2. The zero-order valence-corrected chi connectivity index (χ0v) is 17.5. The number of Topliss-reactive ketones (excluding diaryl/α,β-unsaturated/α-hetero) is 1. The largest absolute Gasteiger partial charge is 0.493 e. The van der Waals surface area contributed by atoms with E-state index in [4.69, 9.17) is 9.47 Å². The summed E-state index contributed by atoms with van der Waals surface area (Å²) in [6, 6.07) is 15.6. The minimum atomic E-state index is -0.316. The fourth-order valence-corrected chi connectivity index (χ4v) is 4.74. The molecule has 0 radical (unpaired) electrons. The van der Waals surface area contributed by atoms with Crippen LogP contribution >= 0.6 is 0 Å². The summed E-state index contributed by atoms with van der Waals surface area (Å²) >= 11 is 0. The number of carbonyl (C=O) groups excluding carboxylic acids is 2. The van der Waals surface area contributed by atoms with Crippen LogP contribution in [0.4, 0.5) is 9.18 Å². The van der Waals surface area contributed by atoms with E-state index in [9.17, 15) is 14.0 Å². The van der Waals surface area contributed by atoms with Crippen LogP contribution in [0.25, 0.3) is 0 Å². The molecule has 0 N–H and O–H groups in total. The lowest BCUT2D eigenvalue weighted by atomic mass is 9.76. The van der Waals surface area contributed by atoms with Gasteiger partial charge in [-0.1, -0.05) is 30.3 Å². The highest BCUT2D eigenvalue weighted by molar-refractivity contribution is 5.81. The molecule has 4 rings (SSSR count). The fourth-order valence-electron chi connectivity index (χ4n) is 4.74. The lowest BCUT2D eigenvalue weighted by Crippen LogP contribution is -2.55. The molecule has 2 aliphatic rings. The second kappa shape index (κ2) is 9.94. The second-order valence-electron chi connectivity index (χ2n) is 8.37. The number of ketones is 1. The zero-order valence-electron chi connectivity index (χ0n) is 17.5. The Kier molecular flexibility index (Phi) is 6.85. The van der Waals surface area contributed by atoms with Gasteiger partial charge in [-0.25, -0.2) is 9.18 Å². The molecular formula is C25H28FNO4. The van der Waals surface area contributed by atoms with Crippen molar-refractivity contribution in [1.29, 1.82) is 0 Å². The third-order valence-corrected chi connectivity index (χ3v) is 6.28. The Hall–Kier alpha value is -2.89. The molecule has 0 spiro atoms. The topological polar surface area (TPSA) is 55.8 Å². The Morgan fingerprint density at radius 1 is 0.968 bits per heavy atom. The van der Waals surface area contributed by atoms with Gasteiger partial charge in [-0.15, -0.1) is 0 Å². The molecule has 2 saturated heterocycles. The van der Waals surface area contributed by atoms with Crippen LogP contribution in [0.3, 0.4) is 0 Å². The van der Waals surface area contributed by atoms with Gasteiger partial charge < -0.3 is 14.4 Å². The normalized spacial score (nSPS) is 22.6. The van der Waals surface area contributed by atoms with Crippen molar-refractivity contribution in [2.24, 2.45) is 5.92 Å². The summed E-state index contributed by atoms with van der Waals surface area (Å²) in [7, 11) is 0. The van der Waals surface area contributed by atoms with Gasteiger partial charge in [0.25, 0.3) is 0 Å². The van der Waals surface area contributed by atoms with Crippen LogP contribution in [0, 0.1) is 11.7 Å². The highest BCUT2D eigenvalue weighted by Gasteiger charge is 2.43. The molecule has 2 fully saturated rings. The van der Waals surface area contributed by atoms with E-state index in [1.807, 2.05) is 35.2 Å². The number of hydrogen-bond donors (Lipinski definition) is 0. The number of rotatable bonds is 7. The molecule has 164 valence electrons. The Morgan fingerprint density at radius 3 is 2.32 bits per heavy atom. The van der Waals surface area contributed by atoms with E-state index >= 15 is 0 Å². The predicted octanol–water partition coefficient (Wildman–Crippen LogP) is 5.13. The van der Waals surface area contributed by atoms with Crippen molar-refractivity contribution >= 4 is 11.9 Å². The summed E-state index contributed by atoms with van der Waals surface area (Å²) in [5.74, 6) is 0.368. The van der Waals surface area contributed by atoms with Crippen molar-refractivity contribution < 1.29 is 23.5 Å². The average molecular weight is 426 g/mol. The van der Waals surface area contributed by atoms with Gasteiger partial charge in [-0.3, -0.25) is 4.79 Å². The molecule has 0 aliphatic carbocycles. The standard InChI is InChI=1S/C25H28FNO4/c26-20-9-11-23(12-10-20)30-14-13-24(28)19-15-21-7-4-8-22(16-19)27(21)25(29)31-17-18-5-2-1-3-6-18/h1-3,5-6,9-12,19,21-22H,4,7-8,13-17H2. The minimum Gasteiger partial charge on any atom is -0.493 e. The van der Waals surface area contributed by atoms with Crippen molar-refractivity contribution in [2.75, 3.05) is 6.61 Å². The molecule has 2 unspecified atom stereocenters. The molecular weight excluding hydrogens is 397 g/mol. The smallest absolute Gasteiger partial charge is 0.410 e. The van der Waals surface area contributed by atoms with Crippen LogP contribution in [0.1, 0.15) is 44.1 Å². The third-order valence-electron chi connectivity index (χ3n) is 6.28. The summed E-state index contributed by atoms with van der Waals surface area (Å²) in [6.07, 6.45) is 4.31. The SMILES string of the molecule is O=C(CCOc1ccc(F)cc1)C1CC2CCCC(C1)N2C(=O)OCc1ccccc1. The molecule has 0 saturated carbocycles. The van der Waals surface area contributed by atoms with E-state index in [1.54, 1.807) is 12.1 Å². The Morgan fingerprint density at radius 2 is 1.65 bits per heavy atom. The molecule has 1 amide bonds. The molecule has 2 atom stereocenters. The van der Waals surface area contributed by atoms with E-state index in [0.717, 1.165) is 24.8 Å². The lowest BCUT2D eigenvalue weighted by Gasteiger charge is -2.47. The molecule has 2 bridgehead atoms. The molecule has 31 heavy (non-hydrogen) atoms. The molecule has 6 heteroatoms. The second-order valence-corrected chi connectivity index (χ2v) is 8.37. The van der Waals surface area contributed by atoms with Gasteiger partial charge in [-0.2, -0.15) is 0 Å². The molecule has 2 aromatic carbocycles. The average Bonchev–Trinajstić information content (AvgIpc) is 2.78. The fraction of sp³-hybridized carbons (Fsp3) is 0.440. The monoisotopic (exact) mass is 425 g/mol. The number of amides is 1. The Balaban J connectivity index is 1.28. The third kappa shape index (κ3) is 5.43. The number of fused-ring (bicyclic) bond motifs is 2. The summed E-state index contributed by atoms with van der Waals surface area (Å²) in [4.78, 5) is 27.5. The number of nitrogens with zero attached hydrogens (tertiary/aromatic N) is 1. The van der Waals surface area contributed by atoms with Gasteiger partial charge >= 0.3 is 6.09 Å². The van der Waals surface area contributed by atoms with Crippen LogP contribution in [0.15, 0.2) is 54.6 Å². The lowest BCUT2D eigenvalue weighted by molar-refractivity contribution is -0.127. The van der Waals surface area contributed by atoms with Gasteiger partial charge in [0.2, 0.25) is 0 Å². The van der Waals surface area contributed by atoms with Crippen molar-refractivity contribution in [1.82, 2.24) is 4.90 Å². The van der Waals surface area contributed by atoms with Crippen LogP contribution in [-0.2, 0) is 16.1 Å². The first-order valence-corrected chi connectivity index (χ1v) is 11.0. The number of carbonyl (C=O) groups is 2. The summed E-state index contributed by atoms with van der Waals surface area (Å²) in [5, 5.41) is 0. The van der Waals surface area contributed by atoms with Crippen LogP contribution in [0.2, 0.25) is 0 Å². The van der Waals surface area contributed by atoms with Gasteiger partial charge in [0.05, 0.1) is 6.61 Å². The summed E-state index contributed by atoms with van der Waals surface area (Å²) < 4.78 is 24.1. The van der Waals surface area contributed by atoms with E-state index in [-0.39, 0.29) is 48.9 Å². The van der Waals surface area contributed by atoms with Crippen molar-refractivity contribution in [3.8, 4) is 5.75 Å². The van der Waals surface area contributed by atoms with Crippen LogP contribution in [0.5, 0.6) is 5.75 Å². The molecule has 0 aromatic heterocycles. The quantitative estimate of drug-likeness (QED) is 0.617. The maximum absolute atomic E-state index is 13.0. The van der Waals surface area contributed by atoms with Crippen LogP contribution in [-0.4, -0.2) is 35.5 Å². The highest BCUT2D eigenvalue weighted by atomic mass is 19.1. The number of piperidine rings is 2. The van der Waals surface area contributed by atoms with E-state index < -0.39 is 0 Å². The van der Waals surface area contributed by atoms with E-state index in [1.165, 1.54) is 12.1 Å². The van der Waals surface area contributed by atoms with Crippen molar-refractivity contribution in [3.05, 3.63) is 66.0 Å². The van der Waals surface area contributed by atoms with Crippen molar-refractivity contribution in [3.63, 3.8) is 0 Å². The van der Waals surface area contributed by atoms with Crippen LogP contribution < -0.4 is 4.74 Å². The van der Waals surface area contributed by atoms with Gasteiger partial charge in [0.1, 0.15) is 24.0 Å². The molecule has 2 aromatic rings. The predicted molar refractivity (Wildman–Crippen MR) is 114 cm³/mol. The molecule has 2 aliphatic heterocycles. The summed E-state index contributed by atoms with van der Waals surface area (Å²) in [6.45, 7) is 0.540. The van der Waals surface area contributed by atoms with Crippen molar-refractivity contribution in [2.45, 2.75) is 57.2 Å². The highest BCUT2D eigenvalue weighted by Crippen LogP contribution is 2.38. The number of halogens is 1. The van der Waals surface area contributed by atoms with E-state index in [0.29, 0.717) is 25.0 Å². The number of hydrogen-bond acceptors (Lipinski definition) is 4. The first-order valence-electron chi connectivity index (χ1n) is 11.0. The Labute approximate surface area is 182 Å². The maximum atomic E-state index is 13.0. The molecule has 5 nitrogen and oxygen atoms in total. The zero-order chi connectivity index (χ0) is 21.6. The maximum Gasteiger partial charge on any atom is 0.410 e. The Bertz CT molecular complexity index is 872. The van der Waals surface area contributed by atoms with Gasteiger partial charge in [-0.05, 0) is 61.9 Å². The summed E-state index contributed by atoms with van der Waals surface area (Å²) in [5.41, 5.74) is 0.965. The van der Waals surface area contributed by atoms with E-state index in [2.05, 4.69) is 0 Å². The first kappa shape index (κ1) is 21.3.